The smallest absolute Gasteiger partial charge is 0.411 e. The highest BCUT2D eigenvalue weighted by molar-refractivity contribution is 5.87. The van der Waals surface area contributed by atoms with Gasteiger partial charge in [0.05, 0.1) is 19.8 Å². The number of esters is 1. The van der Waals surface area contributed by atoms with Gasteiger partial charge in [0.15, 0.2) is 5.54 Å². The maximum atomic E-state index is 12.7. The fourth-order valence-electron chi connectivity index (χ4n) is 3.06. The summed E-state index contributed by atoms with van der Waals surface area (Å²) in [6, 6.07) is 9.71. The normalized spacial score (nSPS) is 20.1. The van der Waals surface area contributed by atoms with Gasteiger partial charge in [0.2, 0.25) is 0 Å². The third-order valence-electron chi connectivity index (χ3n) is 4.21. The molecule has 1 aromatic carbocycles. The Labute approximate surface area is 155 Å². The van der Waals surface area contributed by atoms with Crippen molar-refractivity contribution >= 4 is 12.1 Å². The molecular weight excluding hydrogens is 334 g/mol. The van der Waals surface area contributed by atoms with E-state index in [4.69, 9.17) is 14.2 Å². The molecule has 1 aliphatic heterocycles. The number of benzene rings is 1. The zero-order valence-electron chi connectivity index (χ0n) is 16.1. The number of hydrogen-bond acceptors (Lipinski definition) is 5. The van der Waals surface area contributed by atoms with Gasteiger partial charge in [-0.3, -0.25) is 4.90 Å². The summed E-state index contributed by atoms with van der Waals surface area (Å²) in [4.78, 5) is 26.9. The van der Waals surface area contributed by atoms with E-state index >= 15 is 0 Å². The number of carbonyl (C=O) groups excluding carboxylic acids is 2. The van der Waals surface area contributed by atoms with Crippen molar-refractivity contribution in [1.82, 2.24) is 4.90 Å². The fraction of sp³-hybridized carbons (Fsp3) is 0.600. The van der Waals surface area contributed by atoms with Gasteiger partial charge in [-0.05, 0) is 46.1 Å². The zero-order chi connectivity index (χ0) is 19.2. The van der Waals surface area contributed by atoms with Crippen LogP contribution in [0.1, 0.15) is 46.1 Å². The summed E-state index contributed by atoms with van der Waals surface area (Å²) >= 11 is 0. The molecule has 2 rings (SSSR count). The van der Waals surface area contributed by atoms with Gasteiger partial charge in [-0.2, -0.15) is 0 Å². The van der Waals surface area contributed by atoms with Crippen molar-refractivity contribution in [1.29, 1.82) is 0 Å². The Hall–Kier alpha value is -2.08. The van der Waals surface area contributed by atoms with Crippen molar-refractivity contribution in [3.63, 3.8) is 0 Å². The molecule has 0 radical (unpaired) electrons. The van der Waals surface area contributed by atoms with Crippen molar-refractivity contribution in [3.8, 4) is 0 Å². The summed E-state index contributed by atoms with van der Waals surface area (Å²) in [7, 11) is 0. The van der Waals surface area contributed by atoms with Crippen molar-refractivity contribution in [2.75, 3.05) is 19.8 Å². The summed E-state index contributed by atoms with van der Waals surface area (Å²) in [5.41, 5.74) is -0.758. The van der Waals surface area contributed by atoms with Crippen molar-refractivity contribution < 1.29 is 23.8 Å². The van der Waals surface area contributed by atoms with E-state index in [0.29, 0.717) is 26.0 Å². The molecule has 1 atom stereocenters. The quantitative estimate of drug-likeness (QED) is 0.724. The van der Waals surface area contributed by atoms with E-state index in [2.05, 4.69) is 0 Å². The summed E-state index contributed by atoms with van der Waals surface area (Å²) < 4.78 is 16.6. The van der Waals surface area contributed by atoms with E-state index < -0.39 is 23.2 Å². The first-order valence-electron chi connectivity index (χ1n) is 9.08. The first-order chi connectivity index (χ1) is 12.3. The number of likely N-dealkylation sites (tertiary alicyclic amines) is 1. The number of ether oxygens (including phenoxy) is 3. The molecule has 1 fully saturated rings. The van der Waals surface area contributed by atoms with Crippen LogP contribution < -0.4 is 0 Å². The molecule has 1 unspecified atom stereocenters. The minimum absolute atomic E-state index is 0.0833. The molecule has 0 spiro atoms. The first-order valence-corrected chi connectivity index (χ1v) is 9.08. The second-order valence-electron chi connectivity index (χ2n) is 7.47. The zero-order valence-corrected chi connectivity index (χ0v) is 16.1. The highest BCUT2D eigenvalue weighted by Gasteiger charge is 2.52. The molecule has 6 heteroatoms. The standard InChI is InChI=1S/C20H29NO5/c1-5-25-17(22)20(15-24-14-16-10-7-6-8-11-16)12-9-13-21(20)18(23)26-19(2,3)4/h6-8,10-11H,5,9,12-15H2,1-4H3. The first kappa shape index (κ1) is 20.2. The monoisotopic (exact) mass is 363 g/mol. The van der Waals surface area contributed by atoms with Gasteiger partial charge in [-0.15, -0.1) is 0 Å². The maximum absolute atomic E-state index is 12.7. The van der Waals surface area contributed by atoms with Crippen molar-refractivity contribution in [2.24, 2.45) is 0 Å². The van der Waals surface area contributed by atoms with E-state index in [1.807, 2.05) is 30.3 Å². The highest BCUT2D eigenvalue weighted by atomic mass is 16.6. The van der Waals surface area contributed by atoms with E-state index in [1.54, 1.807) is 27.7 Å². The Morgan fingerprint density at radius 1 is 1.19 bits per heavy atom. The molecule has 144 valence electrons. The van der Waals surface area contributed by atoms with Crippen LogP contribution in [0.4, 0.5) is 4.79 Å². The van der Waals surface area contributed by atoms with Crippen molar-refractivity contribution in [3.05, 3.63) is 35.9 Å². The van der Waals surface area contributed by atoms with Crippen LogP contribution in [0.25, 0.3) is 0 Å². The predicted octanol–water partition coefficient (Wildman–Crippen LogP) is 3.54. The molecule has 1 aromatic rings. The van der Waals surface area contributed by atoms with Crippen LogP contribution >= 0.6 is 0 Å². The van der Waals surface area contributed by atoms with Crippen LogP contribution in [-0.4, -0.2) is 47.9 Å². The number of rotatable bonds is 6. The van der Waals surface area contributed by atoms with E-state index in [-0.39, 0.29) is 13.2 Å². The molecule has 26 heavy (non-hydrogen) atoms. The number of hydrogen-bond donors (Lipinski definition) is 0. The third-order valence-corrected chi connectivity index (χ3v) is 4.21. The Balaban J connectivity index is 2.15. The summed E-state index contributed by atoms with van der Waals surface area (Å²) in [5, 5.41) is 0. The van der Waals surface area contributed by atoms with Crippen LogP contribution in [0.15, 0.2) is 30.3 Å². The molecule has 0 N–H and O–H groups in total. The Morgan fingerprint density at radius 3 is 2.50 bits per heavy atom. The second kappa shape index (κ2) is 8.54. The van der Waals surface area contributed by atoms with E-state index in [0.717, 1.165) is 5.56 Å². The lowest BCUT2D eigenvalue weighted by atomic mass is 9.97. The fourth-order valence-corrected chi connectivity index (χ4v) is 3.06. The van der Waals surface area contributed by atoms with Gasteiger partial charge in [0, 0.05) is 6.54 Å². The average Bonchev–Trinajstić information content (AvgIpc) is 3.00. The summed E-state index contributed by atoms with van der Waals surface area (Å²) in [6.07, 6.45) is 0.693. The molecule has 1 heterocycles. The Bertz CT molecular complexity index is 610. The molecule has 6 nitrogen and oxygen atoms in total. The van der Waals surface area contributed by atoms with Crippen LogP contribution in [-0.2, 0) is 25.6 Å². The Morgan fingerprint density at radius 2 is 1.88 bits per heavy atom. The van der Waals surface area contributed by atoms with E-state index in [1.165, 1.54) is 4.90 Å². The minimum atomic E-state index is -1.13. The van der Waals surface area contributed by atoms with Crippen LogP contribution in [0, 0.1) is 0 Å². The third kappa shape index (κ3) is 4.97. The van der Waals surface area contributed by atoms with Crippen LogP contribution in [0.2, 0.25) is 0 Å². The molecule has 0 aliphatic carbocycles. The number of nitrogens with zero attached hydrogens (tertiary/aromatic N) is 1. The Kier molecular flexibility index (Phi) is 6.64. The second-order valence-corrected chi connectivity index (χ2v) is 7.47. The molecule has 0 aromatic heterocycles. The van der Waals surface area contributed by atoms with Gasteiger partial charge in [-0.25, -0.2) is 9.59 Å². The topological polar surface area (TPSA) is 65.1 Å². The van der Waals surface area contributed by atoms with Gasteiger partial charge >= 0.3 is 12.1 Å². The van der Waals surface area contributed by atoms with Gasteiger partial charge in [0.1, 0.15) is 5.60 Å². The SMILES string of the molecule is CCOC(=O)C1(COCc2ccccc2)CCCN1C(=O)OC(C)(C)C. The van der Waals surface area contributed by atoms with Crippen molar-refractivity contribution in [2.45, 2.75) is 58.3 Å². The molecule has 1 saturated heterocycles. The lowest BCUT2D eigenvalue weighted by Gasteiger charge is -2.36. The van der Waals surface area contributed by atoms with Crippen LogP contribution in [0.3, 0.4) is 0 Å². The predicted molar refractivity (Wildman–Crippen MR) is 97.6 cm³/mol. The van der Waals surface area contributed by atoms with Gasteiger partial charge < -0.3 is 14.2 Å². The van der Waals surface area contributed by atoms with Crippen LogP contribution in [0.5, 0.6) is 0 Å². The molecular formula is C20H29NO5. The minimum Gasteiger partial charge on any atom is -0.464 e. The molecule has 0 bridgehead atoms. The highest BCUT2D eigenvalue weighted by Crippen LogP contribution is 2.33. The van der Waals surface area contributed by atoms with E-state index in [9.17, 15) is 9.59 Å². The number of amides is 1. The average molecular weight is 363 g/mol. The molecule has 1 amide bonds. The molecule has 0 saturated carbocycles. The lowest BCUT2D eigenvalue weighted by molar-refractivity contribution is -0.160. The summed E-state index contributed by atoms with van der Waals surface area (Å²) in [6.45, 7) is 8.31. The number of carbonyl (C=O) groups is 2. The lowest BCUT2D eigenvalue weighted by Crippen LogP contribution is -2.57. The van der Waals surface area contributed by atoms with Gasteiger partial charge in [-0.1, -0.05) is 30.3 Å². The summed E-state index contributed by atoms with van der Waals surface area (Å²) in [5.74, 6) is -0.434. The largest absolute Gasteiger partial charge is 0.464 e. The molecule has 1 aliphatic rings. The maximum Gasteiger partial charge on any atom is 0.411 e. The van der Waals surface area contributed by atoms with Gasteiger partial charge in [0.25, 0.3) is 0 Å².